The molecule has 1 atom stereocenters. The first-order valence-corrected chi connectivity index (χ1v) is 11.2. The molecule has 2 aromatic heterocycles. The van der Waals surface area contributed by atoms with E-state index in [1.54, 1.807) is 6.07 Å². The molecule has 1 fully saturated rings. The number of aliphatic hydroxyl groups is 1. The Morgan fingerprint density at radius 2 is 2.09 bits per heavy atom. The summed E-state index contributed by atoms with van der Waals surface area (Å²) in [7, 11) is 0. The van der Waals surface area contributed by atoms with Crippen molar-refractivity contribution in [1.29, 1.82) is 5.53 Å². The molecule has 3 N–H and O–H groups in total. The van der Waals surface area contributed by atoms with Crippen LogP contribution in [0.4, 0.5) is 10.1 Å². The fraction of sp³-hybridized carbons (Fsp3) is 0.417. The van der Waals surface area contributed by atoms with Gasteiger partial charge in [-0.3, -0.25) is 14.7 Å². The van der Waals surface area contributed by atoms with Gasteiger partial charge in [-0.15, -0.1) is 0 Å². The van der Waals surface area contributed by atoms with Crippen LogP contribution in [0.3, 0.4) is 0 Å². The van der Waals surface area contributed by atoms with E-state index in [2.05, 4.69) is 20.3 Å². The molecule has 9 heteroatoms. The minimum absolute atomic E-state index is 0.0378. The standard InChI is InChI=1S/C24H27FN6O2/c1-15-2-3-16(10-20(15)29-26)11-27-17-6-8-30(9-7-17)13-24(33)14-31-21(32)5-4-19-23(31)22(24)18(25)12-28-19/h2-5,10,12,17,26-27,33H,6-9,11,13-14H2,1H3. The highest BCUT2D eigenvalue weighted by Crippen LogP contribution is 2.38. The quantitative estimate of drug-likeness (QED) is 0.501. The second kappa shape index (κ2) is 8.40. The highest BCUT2D eigenvalue weighted by atomic mass is 19.1. The minimum Gasteiger partial charge on any atom is -0.382 e. The predicted octanol–water partition coefficient (Wildman–Crippen LogP) is 2.96. The first-order chi connectivity index (χ1) is 15.9. The zero-order valence-electron chi connectivity index (χ0n) is 18.5. The molecular weight excluding hydrogens is 423 g/mol. The number of β-amino-alcohol motifs (C(OH)–C–C–N with tert-alkyl or cyclic N) is 1. The number of nitrogens with zero attached hydrogens (tertiary/aromatic N) is 4. The molecule has 0 amide bonds. The Balaban J connectivity index is 1.23. The number of piperidine rings is 1. The third kappa shape index (κ3) is 3.96. The van der Waals surface area contributed by atoms with E-state index in [1.165, 1.54) is 10.6 Å². The summed E-state index contributed by atoms with van der Waals surface area (Å²) in [6.45, 7) is 4.48. The molecule has 8 nitrogen and oxygen atoms in total. The zero-order valence-corrected chi connectivity index (χ0v) is 18.5. The van der Waals surface area contributed by atoms with Crippen LogP contribution in [0.25, 0.3) is 11.0 Å². The first kappa shape index (κ1) is 21.8. The van der Waals surface area contributed by atoms with E-state index in [9.17, 15) is 14.3 Å². The molecule has 1 aromatic carbocycles. The molecule has 0 bridgehead atoms. The molecule has 0 saturated carbocycles. The third-order valence-corrected chi connectivity index (χ3v) is 6.90. The Bertz CT molecular complexity index is 1280. The lowest BCUT2D eigenvalue weighted by atomic mass is 9.93. The maximum atomic E-state index is 14.8. The molecule has 3 aromatic rings. The average molecular weight is 451 g/mol. The van der Waals surface area contributed by atoms with Crippen LogP contribution in [0.15, 0.2) is 46.4 Å². The molecule has 2 aliphatic heterocycles. The molecule has 5 rings (SSSR count). The van der Waals surface area contributed by atoms with Crippen molar-refractivity contribution in [3.05, 3.63) is 69.4 Å². The molecule has 0 radical (unpaired) electrons. The van der Waals surface area contributed by atoms with Gasteiger partial charge in [0.25, 0.3) is 5.56 Å². The van der Waals surface area contributed by atoms with Crippen LogP contribution in [0.5, 0.6) is 0 Å². The summed E-state index contributed by atoms with van der Waals surface area (Å²) in [5, 5.41) is 18.6. The van der Waals surface area contributed by atoms with E-state index in [4.69, 9.17) is 5.53 Å². The first-order valence-electron chi connectivity index (χ1n) is 11.2. The number of benzene rings is 1. The van der Waals surface area contributed by atoms with E-state index < -0.39 is 11.4 Å². The third-order valence-electron chi connectivity index (χ3n) is 6.90. The van der Waals surface area contributed by atoms with Crippen molar-refractivity contribution in [3.63, 3.8) is 0 Å². The minimum atomic E-state index is -1.46. The number of rotatable bonds is 6. The Labute approximate surface area is 190 Å². The Morgan fingerprint density at radius 1 is 1.30 bits per heavy atom. The summed E-state index contributed by atoms with van der Waals surface area (Å²) in [5.41, 5.74) is 9.42. The normalized spacial score (nSPS) is 21.1. The van der Waals surface area contributed by atoms with Gasteiger partial charge in [-0.25, -0.2) is 9.92 Å². The van der Waals surface area contributed by atoms with Gasteiger partial charge in [0, 0.05) is 25.2 Å². The predicted molar refractivity (Wildman–Crippen MR) is 122 cm³/mol. The van der Waals surface area contributed by atoms with Crippen molar-refractivity contribution in [2.45, 2.75) is 44.5 Å². The topological polar surface area (TPSA) is 107 Å². The van der Waals surface area contributed by atoms with Crippen LogP contribution >= 0.6 is 0 Å². The van der Waals surface area contributed by atoms with E-state index in [1.807, 2.05) is 25.1 Å². The summed E-state index contributed by atoms with van der Waals surface area (Å²) in [4.78, 5) is 18.6. The highest BCUT2D eigenvalue weighted by molar-refractivity contribution is 5.81. The molecule has 33 heavy (non-hydrogen) atoms. The van der Waals surface area contributed by atoms with E-state index in [0.717, 1.165) is 43.3 Å². The van der Waals surface area contributed by atoms with E-state index in [0.29, 0.717) is 29.3 Å². The van der Waals surface area contributed by atoms with Crippen molar-refractivity contribution in [2.24, 2.45) is 5.11 Å². The fourth-order valence-electron chi connectivity index (χ4n) is 5.12. The van der Waals surface area contributed by atoms with Crippen molar-refractivity contribution >= 4 is 16.7 Å². The molecule has 1 saturated heterocycles. The molecule has 2 aliphatic rings. The summed E-state index contributed by atoms with van der Waals surface area (Å²) in [6.07, 6.45) is 2.93. The average Bonchev–Trinajstić information content (AvgIpc) is 3.13. The summed E-state index contributed by atoms with van der Waals surface area (Å²) in [6, 6.07) is 9.29. The van der Waals surface area contributed by atoms with Crippen LogP contribution < -0.4 is 10.9 Å². The number of hydrogen-bond donors (Lipinski definition) is 3. The summed E-state index contributed by atoms with van der Waals surface area (Å²) in [5.74, 6) is -0.574. The van der Waals surface area contributed by atoms with Crippen molar-refractivity contribution in [2.75, 3.05) is 19.6 Å². The molecule has 172 valence electrons. The van der Waals surface area contributed by atoms with E-state index >= 15 is 0 Å². The van der Waals surface area contributed by atoms with Gasteiger partial charge in [0.15, 0.2) is 0 Å². The number of hydrogen-bond acceptors (Lipinski definition) is 7. The maximum absolute atomic E-state index is 14.8. The zero-order chi connectivity index (χ0) is 23.2. The Kier molecular flexibility index (Phi) is 5.55. The molecule has 4 heterocycles. The lowest BCUT2D eigenvalue weighted by molar-refractivity contribution is -0.0159. The van der Waals surface area contributed by atoms with Crippen molar-refractivity contribution in [3.8, 4) is 0 Å². The van der Waals surface area contributed by atoms with Gasteiger partial charge in [0.2, 0.25) is 0 Å². The number of nitrogens with one attached hydrogen (secondary N) is 2. The van der Waals surface area contributed by atoms with Gasteiger partial charge in [-0.2, -0.15) is 5.11 Å². The fourth-order valence-corrected chi connectivity index (χ4v) is 5.12. The van der Waals surface area contributed by atoms with Gasteiger partial charge in [-0.1, -0.05) is 12.1 Å². The van der Waals surface area contributed by atoms with Gasteiger partial charge >= 0.3 is 0 Å². The van der Waals surface area contributed by atoms with Gasteiger partial charge in [0.1, 0.15) is 11.4 Å². The molecule has 0 aliphatic carbocycles. The SMILES string of the molecule is Cc1ccc(CNC2CCN(CC3(O)Cn4c(=O)ccc5ncc(F)c3c54)CC2)cc1N=N. The molecular formula is C24H27FN6O2. The van der Waals surface area contributed by atoms with Crippen molar-refractivity contribution < 1.29 is 9.50 Å². The number of aryl methyl sites for hydroxylation is 1. The monoisotopic (exact) mass is 450 g/mol. The van der Waals surface area contributed by atoms with Crippen LogP contribution in [0.2, 0.25) is 0 Å². The van der Waals surface area contributed by atoms with Crippen LogP contribution in [0, 0.1) is 18.3 Å². The second-order valence-corrected chi connectivity index (χ2v) is 9.17. The number of halogens is 1. The summed E-state index contributed by atoms with van der Waals surface area (Å²) >= 11 is 0. The van der Waals surface area contributed by atoms with Gasteiger partial charge in [0.05, 0.1) is 35.0 Å². The maximum Gasteiger partial charge on any atom is 0.251 e. The number of aromatic nitrogens is 2. The Morgan fingerprint density at radius 3 is 2.85 bits per heavy atom. The van der Waals surface area contributed by atoms with Crippen molar-refractivity contribution in [1.82, 2.24) is 19.8 Å². The Hall–Kier alpha value is -3.01. The smallest absolute Gasteiger partial charge is 0.251 e. The molecule has 0 spiro atoms. The lowest BCUT2D eigenvalue weighted by Crippen LogP contribution is -2.48. The van der Waals surface area contributed by atoms with Crippen LogP contribution in [-0.2, 0) is 18.7 Å². The summed E-state index contributed by atoms with van der Waals surface area (Å²) < 4.78 is 16.2. The van der Waals surface area contributed by atoms with E-state index in [-0.39, 0.29) is 24.2 Å². The largest absolute Gasteiger partial charge is 0.382 e. The lowest BCUT2D eigenvalue weighted by Gasteiger charge is -2.37. The highest BCUT2D eigenvalue weighted by Gasteiger charge is 2.43. The molecule has 1 unspecified atom stereocenters. The number of likely N-dealkylation sites (tertiary alicyclic amines) is 1. The van der Waals surface area contributed by atoms with Gasteiger partial charge < -0.3 is 15.0 Å². The number of pyridine rings is 2. The van der Waals surface area contributed by atoms with Crippen LogP contribution in [0.1, 0.15) is 29.5 Å². The van der Waals surface area contributed by atoms with Gasteiger partial charge in [-0.05, 0) is 56.1 Å². The second-order valence-electron chi connectivity index (χ2n) is 9.17. The van der Waals surface area contributed by atoms with Crippen LogP contribution in [-0.4, -0.2) is 45.2 Å².